The zero-order chi connectivity index (χ0) is 12.6. The molecule has 4 nitrogen and oxygen atoms in total. The lowest BCUT2D eigenvalue weighted by Gasteiger charge is -2.18. The topological polar surface area (TPSA) is 72.0 Å². The zero-order valence-corrected chi connectivity index (χ0v) is 7.59. The van der Waals surface area contributed by atoms with E-state index in [1.165, 1.54) is 0 Å². The molecule has 0 unspecified atom stereocenters. The molecular weight excluding hydrogens is 237 g/mol. The van der Waals surface area contributed by atoms with Crippen molar-refractivity contribution in [3.63, 3.8) is 0 Å². The summed E-state index contributed by atoms with van der Waals surface area (Å²) in [6.07, 6.45) is -5.17. The first-order chi connectivity index (χ1) is 7.20. The highest BCUT2D eigenvalue weighted by atomic mass is 19.4. The van der Waals surface area contributed by atoms with Crippen molar-refractivity contribution in [3.05, 3.63) is 17.6 Å². The number of nitrogens with zero attached hydrogens (tertiary/aromatic N) is 2. The molecule has 0 radical (unpaired) electrons. The lowest BCUT2D eigenvalue weighted by Crippen LogP contribution is -2.35. The van der Waals surface area contributed by atoms with E-state index in [0.29, 0.717) is 6.20 Å². The van der Waals surface area contributed by atoms with Crippen molar-refractivity contribution in [1.82, 2.24) is 9.97 Å². The van der Waals surface area contributed by atoms with Crippen LogP contribution in [-0.4, -0.2) is 21.3 Å². The van der Waals surface area contributed by atoms with Crippen molar-refractivity contribution in [2.75, 3.05) is 5.73 Å². The highest BCUT2D eigenvalue weighted by Gasteiger charge is 2.61. The third-order valence-corrected chi connectivity index (χ3v) is 1.71. The molecule has 0 bridgehead atoms. The highest BCUT2D eigenvalue weighted by Crippen LogP contribution is 2.42. The average Bonchev–Trinajstić information content (AvgIpc) is 2.15. The van der Waals surface area contributed by atoms with E-state index < -0.39 is 30.3 Å². The predicted octanol–water partition coefficient (Wildman–Crippen LogP) is 1.21. The van der Waals surface area contributed by atoms with E-state index in [-0.39, 0.29) is 5.56 Å². The summed E-state index contributed by atoms with van der Waals surface area (Å²) in [7, 11) is 0. The maximum Gasteiger partial charge on any atom is 0.461 e. The summed E-state index contributed by atoms with van der Waals surface area (Å²) in [5.74, 6) is -7.53. The quantitative estimate of drug-likeness (QED) is 0.765. The number of nitrogens with two attached hydrogens (primary N) is 1. The van der Waals surface area contributed by atoms with Crippen LogP contribution in [0.15, 0.2) is 6.20 Å². The molecule has 0 aliphatic heterocycles. The van der Waals surface area contributed by atoms with Gasteiger partial charge in [-0.1, -0.05) is 0 Å². The van der Waals surface area contributed by atoms with E-state index in [1.54, 1.807) is 0 Å². The van der Waals surface area contributed by atoms with Gasteiger partial charge in [0.15, 0.2) is 0 Å². The summed E-state index contributed by atoms with van der Waals surface area (Å²) in [5, 5.41) is 8.60. The minimum Gasteiger partial charge on any atom is -0.391 e. The van der Waals surface area contributed by atoms with Gasteiger partial charge < -0.3 is 10.8 Å². The fraction of sp³-hybridized carbons (Fsp3) is 0.429. The number of aromatic nitrogens is 2. The third kappa shape index (κ3) is 2.03. The molecule has 1 aromatic rings. The van der Waals surface area contributed by atoms with Crippen LogP contribution in [0.5, 0.6) is 0 Å². The lowest BCUT2D eigenvalue weighted by atomic mass is 10.2. The van der Waals surface area contributed by atoms with Crippen LogP contribution in [0.1, 0.15) is 11.4 Å². The Kier molecular flexibility index (Phi) is 2.99. The number of rotatable bonds is 2. The number of halogens is 5. The van der Waals surface area contributed by atoms with Gasteiger partial charge >= 0.3 is 12.1 Å². The third-order valence-electron chi connectivity index (χ3n) is 1.71. The van der Waals surface area contributed by atoms with Crippen molar-refractivity contribution in [1.29, 1.82) is 0 Å². The molecule has 0 aliphatic rings. The Labute approximate surface area is 85.9 Å². The Hall–Kier alpha value is -1.51. The van der Waals surface area contributed by atoms with E-state index in [9.17, 15) is 22.0 Å². The maximum atomic E-state index is 12.7. The monoisotopic (exact) mass is 243 g/mol. The second-order valence-electron chi connectivity index (χ2n) is 2.83. The smallest absolute Gasteiger partial charge is 0.391 e. The number of nitrogen functional groups attached to an aromatic ring is 1. The zero-order valence-electron chi connectivity index (χ0n) is 7.59. The molecule has 0 fully saturated rings. The molecule has 0 aromatic carbocycles. The maximum absolute atomic E-state index is 12.7. The standard InChI is InChI=1S/C7H6F5N3O/c8-6(9,7(10,11)12)5-14-1-3(2-16)4(13)15-5/h1,16H,2H2,(H2,13,14,15). The Balaban J connectivity index is 3.20. The first-order valence-corrected chi connectivity index (χ1v) is 3.87. The molecule has 0 saturated carbocycles. The summed E-state index contributed by atoms with van der Waals surface area (Å²) >= 11 is 0. The highest BCUT2D eigenvalue weighted by molar-refractivity contribution is 5.37. The van der Waals surface area contributed by atoms with Gasteiger partial charge in [0, 0.05) is 11.8 Å². The van der Waals surface area contributed by atoms with Gasteiger partial charge in [0.2, 0.25) is 5.82 Å². The van der Waals surface area contributed by atoms with Gasteiger partial charge in [-0.05, 0) is 0 Å². The van der Waals surface area contributed by atoms with Crippen LogP contribution in [-0.2, 0) is 12.5 Å². The Bertz CT molecular complexity index is 392. The van der Waals surface area contributed by atoms with Gasteiger partial charge in [0.05, 0.1) is 6.61 Å². The number of aliphatic hydroxyl groups is 1. The fourth-order valence-corrected chi connectivity index (χ4v) is 0.820. The number of anilines is 1. The molecule has 1 aromatic heterocycles. The summed E-state index contributed by atoms with van der Waals surface area (Å²) in [4.78, 5) is 5.65. The van der Waals surface area contributed by atoms with E-state index in [0.717, 1.165) is 0 Å². The molecule has 0 aliphatic carbocycles. The summed E-state index contributed by atoms with van der Waals surface area (Å²) in [6.45, 7) is -0.649. The Morgan fingerprint density at radius 3 is 2.19 bits per heavy atom. The fourth-order valence-electron chi connectivity index (χ4n) is 0.820. The molecule has 9 heteroatoms. The first kappa shape index (κ1) is 12.6. The molecule has 0 amide bonds. The molecule has 0 saturated heterocycles. The van der Waals surface area contributed by atoms with Crippen molar-refractivity contribution in [2.45, 2.75) is 18.7 Å². The summed E-state index contributed by atoms with van der Waals surface area (Å²) in [6, 6.07) is 0. The van der Waals surface area contributed by atoms with Crippen LogP contribution in [0.25, 0.3) is 0 Å². The van der Waals surface area contributed by atoms with Gasteiger partial charge in [0.1, 0.15) is 5.82 Å². The molecule has 1 rings (SSSR count). The van der Waals surface area contributed by atoms with Crippen LogP contribution in [0.3, 0.4) is 0 Å². The van der Waals surface area contributed by atoms with Gasteiger partial charge in [0.25, 0.3) is 0 Å². The van der Waals surface area contributed by atoms with Gasteiger partial charge in [-0.25, -0.2) is 9.97 Å². The lowest BCUT2D eigenvalue weighted by molar-refractivity contribution is -0.292. The van der Waals surface area contributed by atoms with Crippen LogP contribution in [0, 0.1) is 0 Å². The second kappa shape index (κ2) is 3.81. The normalized spacial score (nSPS) is 12.9. The predicted molar refractivity (Wildman–Crippen MR) is 42.3 cm³/mol. The van der Waals surface area contributed by atoms with Crippen LogP contribution < -0.4 is 5.73 Å². The number of aliphatic hydroxyl groups excluding tert-OH is 1. The van der Waals surface area contributed by atoms with Crippen molar-refractivity contribution >= 4 is 5.82 Å². The molecule has 0 spiro atoms. The summed E-state index contributed by atoms with van der Waals surface area (Å²) < 4.78 is 61.2. The van der Waals surface area contributed by atoms with Gasteiger partial charge in [-0.15, -0.1) is 0 Å². The minimum atomic E-state index is -5.79. The second-order valence-corrected chi connectivity index (χ2v) is 2.83. The molecule has 90 valence electrons. The Morgan fingerprint density at radius 1 is 1.25 bits per heavy atom. The van der Waals surface area contributed by atoms with E-state index in [1.807, 2.05) is 0 Å². The van der Waals surface area contributed by atoms with Crippen LogP contribution >= 0.6 is 0 Å². The van der Waals surface area contributed by atoms with Crippen LogP contribution in [0.4, 0.5) is 27.8 Å². The molecule has 16 heavy (non-hydrogen) atoms. The number of hydrogen-bond donors (Lipinski definition) is 2. The molecule has 1 heterocycles. The SMILES string of the molecule is Nc1nc(C(F)(F)C(F)(F)F)ncc1CO. The number of alkyl halides is 5. The van der Waals surface area contributed by atoms with Gasteiger partial charge in [-0.3, -0.25) is 0 Å². The van der Waals surface area contributed by atoms with Gasteiger partial charge in [-0.2, -0.15) is 22.0 Å². The Morgan fingerprint density at radius 2 is 1.81 bits per heavy atom. The first-order valence-electron chi connectivity index (χ1n) is 3.87. The van der Waals surface area contributed by atoms with Crippen molar-refractivity contribution in [2.24, 2.45) is 0 Å². The van der Waals surface area contributed by atoms with E-state index >= 15 is 0 Å². The molecule has 3 N–H and O–H groups in total. The average molecular weight is 243 g/mol. The largest absolute Gasteiger partial charge is 0.461 e. The minimum absolute atomic E-state index is 0.123. The molecule has 0 atom stereocenters. The van der Waals surface area contributed by atoms with Crippen molar-refractivity contribution < 1.29 is 27.1 Å². The van der Waals surface area contributed by atoms with E-state index in [2.05, 4.69) is 9.97 Å². The van der Waals surface area contributed by atoms with Crippen LogP contribution in [0.2, 0.25) is 0 Å². The molecular formula is C7H6F5N3O. The number of hydrogen-bond acceptors (Lipinski definition) is 4. The van der Waals surface area contributed by atoms with E-state index in [4.69, 9.17) is 10.8 Å². The summed E-state index contributed by atoms with van der Waals surface area (Å²) in [5.41, 5.74) is 4.94. The van der Waals surface area contributed by atoms with Crippen molar-refractivity contribution in [3.8, 4) is 0 Å².